The Balaban J connectivity index is 1.72. The maximum atomic E-state index is 12.8. The molecule has 4 heteroatoms. The largest absolute Gasteiger partial charge is 0.381 e. The molecule has 1 aromatic carbocycles. The number of carbonyl (C=O) groups excluding carboxylic acids is 1. The number of amides is 1. The SMILES string of the molecule is CSCc1cccc(C(=O)N(CC2CCOC2)C2CC2)c1. The van der Waals surface area contributed by atoms with Crippen molar-refractivity contribution in [1.29, 1.82) is 0 Å². The minimum absolute atomic E-state index is 0.201. The first kappa shape index (κ1) is 14.9. The van der Waals surface area contributed by atoms with Gasteiger partial charge in [0.25, 0.3) is 5.91 Å². The molecule has 2 fully saturated rings. The van der Waals surface area contributed by atoms with Gasteiger partial charge in [-0.15, -0.1) is 0 Å². The Kier molecular flexibility index (Phi) is 4.86. The van der Waals surface area contributed by atoms with Crippen molar-refractivity contribution in [3.05, 3.63) is 35.4 Å². The van der Waals surface area contributed by atoms with Crippen LogP contribution in [0.25, 0.3) is 0 Å². The summed E-state index contributed by atoms with van der Waals surface area (Å²) in [5, 5.41) is 0. The summed E-state index contributed by atoms with van der Waals surface area (Å²) in [4.78, 5) is 14.9. The molecule has 1 heterocycles. The Hall–Kier alpha value is -1.00. The molecule has 1 aromatic rings. The van der Waals surface area contributed by atoms with Gasteiger partial charge in [0.2, 0.25) is 0 Å². The smallest absolute Gasteiger partial charge is 0.254 e. The van der Waals surface area contributed by atoms with Crippen LogP contribution in [0.3, 0.4) is 0 Å². The first-order valence-electron chi connectivity index (χ1n) is 7.74. The van der Waals surface area contributed by atoms with Crippen LogP contribution in [0.5, 0.6) is 0 Å². The molecule has 0 radical (unpaired) electrons. The summed E-state index contributed by atoms with van der Waals surface area (Å²) in [6, 6.07) is 8.57. The second kappa shape index (κ2) is 6.84. The van der Waals surface area contributed by atoms with Crippen LogP contribution in [0.2, 0.25) is 0 Å². The molecule has 21 heavy (non-hydrogen) atoms. The van der Waals surface area contributed by atoms with Gasteiger partial charge in [-0.3, -0.25) is 4.79 Å². The normalized spacial score (nSPS) is 21.5. The Morgan fingerprint density at radius 3 is 2.90 bits per heavy atom. The van der Waals surface area contributed by atoms with Gasteiger partial charge in [-0.1, -0.05) is 12.1 Å². The van der Waals surface area contributed by atoms with Crippen LogP contribution in [0, 0.1) is 5.92 Å². The molecule has 1 unspecified atom stereocenters. The fourth-order valence-electron chi connectivity index (χ4n) is 2.92. The van der Waals surface area contributed by atoms with Gasteiger partial charge in [0.15, 0.2) is 0 Å². The third kappa shape index (κ3) is 3.80. The summed E-state index contributed by atoms with van der Waals surface area (Å²) in [6.07, 6.45) is 5.49. The van der Waals surface area contributed by atoms with E-state index in [-0.39, 0.29) is 5.91 Å². The number of benzene rings is 1. The molecule has 1 saturated carbocycles. The number of ether oxygens (including phenoxy) is 1. The van der Waals surface area contributed by atoms with Crippen LogP contribution in [0.1, 0.15) is 35.2 Å². The minimum Gasteiger partial charge on any atom is -0.381 e. The predicted octanol–water partition coefficient (Wildman–Crippen LogP) is 3.19. The van der Waals surface area contributed by atoms with Gasteiger partial charge in [-0.05, 0) is 43.2 Å². The molecule has 1 saturated heterocycles. The van der Waals surface area contributed by atoms with Crippen molar-refractivity contribution in [1.82, 2.24) is 4.90 Å². The number of rotatable bonds is 6. The monoisotopic (exact) mass is 305 g/mol. The van der Waals surface area contributed by atoms with E-state index in [1.54, 1.807) is 11.8 Å². The van der Waals surface area contributed by atoms with Crippen LogP contribution in [-0.4, -0.2) is 42.9 Å². The van der Waals surface area contributed by atoms with E-state index in [0.29, 0.717) is 12.0 Å². The fraction of sp³-hybridized carbons (Fsp3) is 0.588. The highest BCUT2D eigenvalue weighted by molar-refractivity contribution is 7.97. The first-order valence-corrected chi connectivity index (χ1v) is 9.14. The summed E-state index contributed by atoms with van der Waals surface area (Å²) in [5.41, 5.74) is 2.07. The van der Waals surface area contributed by atoms with E-state index in [2.05, 4.69) is 23.3 Å². The van der Waals surface area contributed by atoms with E-state index in [4.69, 9.17) is 4.74 Å². The highest BCUT2D eigenvalue weighted by Crippen LogP contribution is 2.30. The molecule has 1 amide bonds. The molecule has 1 aliphatic heterocycles. The molecular weight excluding hydrogens is 282 g/mol. The second-order valence-electron chi connectivity index (χ2n) is 6.05. The third-order valence-electron chi connectivity index (χ3n) is 4.21. The molecule has 0 spiro atoms. The van der Waals surface area contributed by atoms with E-state index in [0.717, 1.165) is 50.3 Å². The Morgan fingerprint density at radius 1 is 1.38 bits per heavy atom. The van der Waals surface area contributed by atoms with Crippen molar-refractivity contribution in [3.63, 3.8) is 0 Å². The number of thioether (sulfide) groups is 1. The number of carbonyl (C=O) groups is 1. The van der Waals surface area contributed by atoms with Crippen molar-refractivity contribution in [3.8, 4) is 0 Å². The van der Waals surface area contributed by atoms with Crippen molar-refractivity contribution in [2.45, 2.75) is 31.1 Å². The molecule has 3 nitrogen and oxygen atoms in total. The van der Waals surface area contributed by atoms with Crippen molar-refractivity contribution in [2.75, 3.05) is 26.0 Å². The van der Waals surface area contributed by atoms with E-state index in [9.17, 15) is 4.79 Å². The highest BCUT2D eigenvalue weighted by Gasteiger charge is 2.35. The molecule has 1 aliphatic carbocycles. The second-order valence-corrected chi connectivity index (χ2v) is 6.92. The van der Waals surface area contributed by atoms with Gasteiger partial charge in [0, 0.05) is 36.4 Å². The van der Waals surface area contributed by atoms with Gasteiger partial charge in [0.1, 0.15) is 0 Å². The lowest BCUT2D eigenvalue weighted by molar-refractivity contribution is 0.0706. The Bertz CT molecular complexity index is 495. The predicted molar refractivity (Wildman–Crippen MR) is 86.6 cm³/mol. The average Bonchev–Trinajstić information content (AvgIpc) is 3.21. The van der Waals surface area contributed by atoms with Crippen LogP contribution in [-0.2, 0) is 10.5 Å². The molecule has 3 rings (SSSR count). The molecule has 0 N–H and O–H groups in total. The lowest BCUT2D eigenvalue weighted by Crippen LogP contribution is -2.37. The number of nitrogens with zero attached hydrogens (tertiary/aromatic N) is 1. The maximum absolute atomic E-state index is 12.8. The van der Waals surface area contributed by atoms with Gasteiger partial charge < -0.3 is 9.64 Å². The van der Waals surface area contributed by atoms with Gasteiger partial charge in [-0.25, -0.2) is 0 Å². The van der Waals surface area contributed by atoms with Crippen LogP contribution >= 0.6 is 11.8 Å². The zero-order valence-electron chi connectivity index (χ0n) is 12.6. The van der Waals surface area contributed by atoms with Gasteiger partial charge in [0.05, 0.1) is 6.61 Å². The van der Waals surface area contributed by atoms with Crippen LogP contribution in [0.4, 0.5) is 0 Å². The van der Waals surface area contributed by atoms with Gasteiger partial charge >= 0.3 is 0 Å². The molecule has 2 aliphatic rings. The summed E-state index contributed by atoms with van der Waals surface area (Å²) < 4.78 is 5.45. The quantitative estimate of drug-likeness (QED) is 0.808. The molecule has 1 atom stereocenters. The van der Waals surface area contributed by atoms with Crippen molar-refractivity contribution < 1.29 is 9.53 Å². The standard InChI is InChI=1S/C17H23NO2S/c1-21-12-13-3-2-4-15(9-13)17(19)18(16-5-6-16)10-14-7-8-20-11-14/h2-4,9,14,16H,5-8,10-12H2,1H3. The van der Waals surface area contributed by atoms with Gasteiger partial charge in [-0.2, -0.15) is 11.8 Å². The zero-order valence-corrected chi connectivity index (χ0v) is 13.4. The summed E-state index contributed by atoms with van der Waals surface area (Å²) in [7, 11) is 0. The summed E-state index contributed by atoms with van der Waals surface area (Å²) in [5.74, 6) is 1.68. The van der Waals surface area contributed by atoms with Crippen molar-refractivity contribution >= 4 is 17.7 Å². The molecule has 114 valence electrons. The topological polar surface area (TPSA) is 29.5 Å². The number of hydrogen-bond donors (Lipinski definition) is 0. The zero-order chi connectivity index (χ0) is 14.7. The van der Waals surface area contributed by atoms with E-state index >= 15 is 0 Å². The van der Waals surface area contributed by atoms with E-state index in [1.807, 2.05) is 12.1 Å². The van der Waals surface area contributed by atoms with Crippen LogP contribution in [0.15, 0.2) is 24.3 Å². The summed E-state index contributed by atoms with van der Waals surface area (Å²) in [6.45, 7) is 2.51. The fourth-order valence-corrected chi connectivity index (χ4v) is 3.43. The van der Waals surface area contributed by atoms with Crippen molar-refractivity contribution in [2.24, 2.45) is 5.92 Å². The Labute approximate surface area is 131 Å². The molecule has 0 bridgehead atoms. The Morgan fingerprint density at radius 2 is 2.24 bits per heavy atom. The molecule has 0 aromatic heterocycles. The lowest BCUT2D eigenvalue weighted by atomic mass is 10.1. The summed E-state index contributed by atoms with van der Waals surface area (Å²) >= 11 is 1.79. The minimum atomic E-state index is 0.201. The highest BCUT2D eigenvalue weighted by atomic mass is 32.2. The van der Waals surface area contributed by atoms with E-state index in [1.165, 1.54) is 5.56 Å². The lowest BCUT2D eigenvalue weighted by Gasteiger charge is -2.25. The molecular formula is C17H23NO2S. The third-order valence-corrected chi connectivity index (χ3v) is 4.83. The average molecular weight is 305 g/mol. The maximum Gasteiger partial charge on any atom is 0.254 e. The van der Waals surface area contributed by atoms with E-state index < -0.39 is 0 Å². The number of hydrogen-bond acceptors (Lipinski definition) is 3. The van der Waals surface area contributed by atoms with Crippen LogP contribution < -0.4 is 0 Å². The first-order chi connectivity index (χ1) is 10.3.